The number of thiophene rings is 1. The smallest absolute Gasteiger partial charge is 0.224 e. The predicted molar refractivity (Wildman–Crippen MR) is 80.4 cm³/mol. The lowest BCUT2D eigenvalue weighted by Gasteiger charge is -2.06. The Morgan fingerprint density at radius 3 is 2.89 bits per heavy atom. The largest absolute Gasteiger partial charge is 0.324 e. The standard InChI is InChI=1S/C13H11FINOS/c14-11-8-9(15)3-5-12(11)16-13(17)6-4-10-2-1-7-18-10/h1-3,5,7-8H,4,6H2,(H,16,17). The molecule has 0 aliphatic rings. The van der Waals surface area contributed by atoms with E-state index in [9.17, 15) is 9.18 Å². The molecule has 2 rings (SSSR count). The zero-order valence-corrected chi connectivity index (χ0v) is 12.4. The predicted octanol–water partition coefficient (Wildman–Crippen LogP) is 4.06. The number of anilines is 1. The van der Waals surface area contributed by atoms with Gasteiger partial charge in [-0.05, 0) is 58.7 Å². The van der Waals surface area contributed by atoms with Crippen molar-refractivity contribution in [3.63, 3.8) is 0 Å². The minimum atomic E-state index is -0.397. The number of hydrogen-bond donors (Lipinski definition) is 1. The van der Waals surface area contributed by atoms with E-state index in [1.165, 1.54) is 6.07 Å². The number of carbonyl (C=O) groups excluding carboxylic acids is 1. The maximum Gasteiger partial charge on any atom is 0.224 e. The molecule has 1 aromatic heterocycles. The summed E-state index contributed by atoms with van der Waals surface area (Å²) >= 11 is 3.65. The van der Waals surface area contributed by atoms with E-state index in [4.69, 9.17) is 0 Å². The van der Waals surface area contributed by atoms with Crippen molar-refractivity contribution in [3.05, 3.63) is 50.0 Å². The molecule has 94 valence electrons. The van der Waals surface area contributed by atoms with Crippen LogP contribution in [0.2, 0.25) is 0 Å². The van der Waals surface area contributed by atoms with Gasteiger partial charge in [0.05, 0.1) is 5.69 Å². The average molecular weight is 375 g/mol. The number of carbonyl (C=O) groups is 1. The summed E-state index contributed by atoms with van der Waals surface area (Å²) in [6.07, 6.45) is 1.06. The van der Waals surface area contributed by atoms with E-state index in [0.717, 1.165) is 8.45 Å². The highest BCUT2D eigenvalue weighted by Gasteiger charge is 2.07. The van der Waals surface area contributed by atoms with Crippen molar-refractivity contribution in [2.75, 3.05) is 5.32 Å². The molecule has 0 saturated carbocycles. The Labute approximate surface area is 122 Å². The Hall–Kier alpha value is -0.950. The molecule has 0 radical (unpaired) electrons. The normalized spacial score (nSPS) is 10.3. The molecule has 0 aliphatic carbocycles. The average Bonchev–Trinajstić information content (AvgIpc) is 2.83. The maximum atomic E-state index is 13.5. The second-order valence-corrected chi connectivity index (χ2v) is 6.03. The molecule has 2 nitrogen and oxygen atoms in total. The van der Waals surface area contributed by atoms with Crippen LogP contribution in [0.25, 0.3) is 0 Å². The highest BCUT2D eigenvalue weighted by Crippen LogP contribution is 2.18. The summed E-state index contributed by atoms with van der Waals surface area (Å²) in [6.45, 7) is 0. The number of amides is 1. The van der Waals surface area contributed by atoms with Crippen molar-refractivity contribution in [2.45, 2.75) is 12.8 Å². The van der Waals surface area contributed by atoms with E-state index >= 15 is 0 Å². The van der Waals surface area contributed by atoms with Gasteiger partial charge in [-0.2, -0.15) is 0 Å². The third-order valence-electron chi connectivity index (χ3n) is 2.38. The van der Waals surface area contributed by atoms with E-state index in [1.807, 2.05) is 40.1 Å². The van der Waals surface area contributed by atoms with Crippen LogP contribution < -0.4 is 5.32 Å². The van der Waals surface area contributed by atoms with Crippen molar-refractivity contribution in [2.24, 2.45) is 0 Å². The summed E-state index contributed by atoms with van der Waals surface area (Å²) in [5.74, 6) is -0.560. The number of nitrogens with one attached hydrogen (secondary N) is 1. The molecule has 5 heteroatoms. The van der Waals surface area contributed by atoms with Crippen molar-refractivity contribution in [1.29, 1.82) is 0 Å². The maximum absolute atomic E-state index is 13.5. The molecular formula is C13H11FINOS. The van der Waals surface area contributed by atoms with Crippen LogP contribution in [0.4, 0.5) is 10.1 Å². The molecule has 0 spiro atoms. The zero-order chi connectivity index (χ0) is 13.0. The lowest BCUT2D eigenvalue weighted by atomic mass is 10.2. The fourth-order valence-corrected chi connectivity index (χ4v) is 2.66. The van der Waals surface area contributed by atoms with Crippen LogP contribution in [-0.4, -0.2) is 5.91 Å². The number of benzene rings is 1. The van der Waals surface area contributed by atoms with Gasteiger partial charge in [-0.25, -0.2) is 4.39 Å². The molecule has 0 saturated heterocycles. The van der Waals surface area contributed by atoms with Gasteiger partial charge < -0.3 is 5.32 Å². The van der Waals surface area contributed by atoms with Gasteiger partial charge in [0.1, 0.15) is 5.82 Å². The van der Waals surface area contributed by atoms with Gasteiger partial charge in [-0.1, -0.05) is 6.07 Å². The Morgan fingerprint density at radius 1 is 1.39 bits per heavy atom. The Balaban J connectivity index is 1.91. The molecule has 0 unspecified atom stereocenters. The third kappa shape index (κ3) is 3.78. The minimum absolute atomic E-state index is 0.163. The van der Waals surface area contributed by atoms with Gasteiger partial charge in [0.25, 0.3) is 0 Å². The second kappa shape index (κ2) is 6.29. The van der Waals surface area contributed by atoms with Gasteiger partial charge in [0, 0.05) is 14.9 Å². The first kappa shape index (κ1) is 13.5. The molecule has 1 heterocycles. The summed E-state index contributed by atoms with van der Waals surface area (Å²) < 4.78 is 14.3. The van der Waals surface area contributed by atoms with Crippen LogP contribution >= 0.6 is 33.9 Å². The number of hydrogen-bond acceptors (Lipinski definition) is 2. The number of rotatable bonds is 4. The Morgan fingerprint density at radius 2 is 2.22 bits per heavy atom. The van der Waals surface area contributed by atoms with Crippen LogP contribution in [0.3, 0.4) is 0 Å². The van der Waals surface area contributed by atoms with Crippen LogP contribution in [-0.2, 0) is 11.2 Å². The van der Waals surface area contributed by atoms with Crippen molar-refractivity contribution >= 4 is 45.5 Å². The molecule has 0 atom stereocenters. The molecule has 1 N–H and O–H groups in total. The molecule has 18 heavy (non-hydrogen) atoms. The highest BCUT2D eigenvalue weighted by atomic mass is 127. The molecule has 1 aromatic carbocycles. The third-order valence-corrected chi connectivity index (χ3v) is 3.99. The van der Waals surface area contributed by atoms with Crippen molar-refractivity contribution in [1.82, 2.24) is 0 Å². The van der Waals surface area contributed by atoms with E-state index in [-0.39, 0.29) is 11.6 Å². The van der Waals surface area contributed by atoms with Crippen LogP contribution in [0, 0.1) is 9.39 Å². The van der Waals surface area contributed by atoms with Gasteiger partial charge >= 0.3 is 0 Å². The fraction of sp³-hybridized carbons (Fsp3) is 0.154. The van der Waals surface area contributed by atoms with Gasteiger partial charge in [0.2, 0.25) is 5.91 Å². The minimum Gasteiger partial charge on any atom is -0.324 e. The van der Waals surface area contributed by atoms with Crippen molar-refractivity contribution in [3.8, 4) is 0 Å². The molecule has 0 aliphatic heterocycles. The first-order chi connectivity index (χ1) is 8.65. The highest BCUT2D eigenvalue weighted by molar-refractivity contribution is 14.1. The van der Waals surface area contributed by atoms with E-state index in [2.05, 4.69) is 5.32 Å². The van der Waals surface area contributed by atoms with E-state index in [0.29, 0.717) is 12.8 Å². The van der Waals surface area contributed by atoms with E-state index in [1.54, 1.807) is 23.5 Å². The van der Waals surface area contributed by atoms with Crippen molar-refractivity contribution < 1.29 is 9.18 Å². The Kier molecular flexibility index (Phi) is 4.71. The topological polar surface area (TPSA) is 29.1 Å². The van der Waals surface area contributed by atoms with Crippen LogP contribution in [0.5, 0.6) is 0 Å². The van der Waals surface area contributed by atoms with Gasteiger partial charge in [-0.15, -0.1) is 11.3 Å². The summed E-state index contributed by atoms with van der Waals surface area (Å²) in [4.78, 5) is 12.8. The molecule has 0 fully saturated rings. The monoisotopic (exact) mass is 375 g/mol. The fourth-order valence-electron chi connectivity index (χ4n) is 1.50. The van der Waals surface area contributed by atoms with Crippen LogP contribution in [0.1, 0.15) is 11.3 Å². The SMILES string of the molecule is O=C(CCc1cccs1)Nc1ccc(I)cc1F. The summed E-state index contributed by atoms with van der Waals surface area (Å²) in [5, 5.41) is 4.57. The second-order valence-electron chi connectivity index (χ2n) is 3.75. The molecular weight excluding hydrogens is 364 g/mol. The number of aryl methyl sites for hydroxylation is 1. The zero-order valence-electron chi connectivity index (χ0n) is 9.45. The van der Waals surface area contributed by atoms with E-state index < -0.39 is 5.82 Å². The summed E-state index contributed by atoms with van der Waals surface area (Å²) in [7, 11) is 0. The summed E-state index contributed by atoms with van der Waals surface area (Å²) in [6, 6.07) is 8.69. The Bertz CT molecular complexity index is 542. The van der Waals surface area contributed by atoms with Gasteiger partial charge in [-0.3, -0.25) is 4.79 Å². The quantitative estimate of drug-likeness (QED) is 0.803. The first-order valence-electron chi connectivity index (χ1n) is 5.42. The first-order valence-corrected chi connectivity index (χ1v) is 7.38. The lowest BCUT2D eigenvalue weighted by molar-refractivity contribution is -0.116. The van der Waals surface area contributed by atoms with Gasteiger partial charge in [0.15, 0.2) is 0 Å². The summed E-state index contributed by atoms with van der Waals surface area (Å²) in [5.41, 5.74) is 0.242. The van der Waals surface area contributed by atoms with Crippen LogP contribution in [0.15, 0.2) is 35.7 Å². The molecule has 0 bridgehead atoms. The molecule has 1 amide bonds. The molecule has 2 aromatic rings. The lowest BCUT2D eigenvalue weighted by Crippen LogP contribution is -2.13. The number of halogens is 2.